The van der Waals surface area contributed by atoms with E-state index in [0.29, 0.717) is 49.3 Å². The highest BCUT2D eigenvalue weighted by Crippen LogP contribution is 2.32. The van der Waals surface area contributed by atoms with Gasteiger partial charge >= 0.3 is 0 Å². The van der Waals surface area contributed by atoms with Gasteiger partial charge in [0.1, 0.15) is 22.3 Å². The molecule has 200 valence electrons. The fourth-order valence-electron chi connectivity index (χ4n) is 4.28. The van der Waals surface area contributed by atoms with Gasteiger partial charge in [-0.2, -0.15) is 0 Å². The third-order valence-electron chi connectivity index (χ3n) is 5.99. The van der Waals surface area contributed by atoms with E-state index < -0.39 is 33.0 Å². The van der Waals surface area contributed by atoms with Gasteiger partial charge in [-0.3, -0.25) is 4.79 Å². The molecule has 0 unspecified atom stereocenters. The molecule has 1 aromatic heterocycles. The molecule has 1 aliphatic carbocycles. The highest BCUT2D eigenvalue weighted by atomic mass is 32.2. The Labute approximate surface area is 215 Å². The summed E-state index contributed by atoms with van der Waals surface area (Å²) >= 11 is 0.961. The zero-order valence-corrected chi connectivity index (χ0v) is 22.7. The van der Waals surface area contributed by atoms with Crippen molar-refractivity contribution in [1.29, 1.82) is 0 Å². The molecule has 4 N–H and O–H groups in total. The lowest BCUT2D eigenvalue weighted by Crippen LogP contribution is -2.41. The first-order chi connectivity index (χ1) is 16.8. The third kappa shape index (κ3) is 7.67. The molecule has 36 heavy (non-hydrogen) atoms. The van der Waals surface area contributed by atoms with Crippen LogP contribution in [0.2, 0.25) is 0 Å². The van der Waals surface area contributed by atoms with E-state index in [-0.39, 0.29) is 34.4 Å². The highest BCUT2D eigenvalue weighted by molar-refractivity contribution is 7.89. The van der Waals surface area contributed by atoms with E-state index in [4.69, 9.17) is 5.73 Å². The van der Waals surface area contributed by atoms with Crippen LogP contribution >= 0.6 is 11.3 Å². The number of anilines is 2. The summed E-state index contributed by atoms with van der Waals surface area (Å²) in [4.78, 5) is 19.0. The molecule has 8 nitrogen and oxygen atoms in total. The van der Waals surface area contributed by atoms with Crippen LogP contribution in [0.25, 0.3) is 0 Å². The number of aromatic nitrogens is 1. The van der Waals surface area contributed by atoms with Gasteiger partial charge < -0.3 is 16.0 Å². The van der Waals surface area contributed by atoms with Crippen molar-refractivity contribution in [1.82, 2.24) is 14.6 Å². The molecule has 0 saturated heterocycles. The minimum Gasteiger partial charge on any atom is -0.382 e. The van der Waals surface area contributed by atoms with Crippen LogP contribution in [0, 0.1) is 17.6 Å². The standard InChI is InChI=1S/C24H35F2N5O3S2/c1-14(2)13-36(33,34)30-17-7-5-16(6-8-17)28-24-29-23(27)22(35-24)21(32)20-18(25)11-15(12-19(20)26)9-10-31(3)4/h11-12,14,16-17,30H,5-10,13,27H2,1-4H3,(H,28,29)/t16-,17-. The topological polar surface area (TPSA) is 117 Å². The lowest BCUT2D eigenvalue weighted by atomic mass is 9.92. The Bertz CT molecular complexity index is 1150. The second-order valence-electron chi connectivity index (χ2n) is 10.0. The maximum absolute atomic E-state index is 14.7. The zero-order chi connectivity index (χ0) is 26.6. The Morgan fingerprint density at radius 2 is 1.75 bits per heavy atom. The molecule has 1 aromatic carbocycles. The molecule has 12 heteroatoms. The zero-order valence-electron chi connectivity index (χ0n) is 21.1. The van der Waals surface area contributed by atoms with Crippen LogP contribution in [0.5, 0.6) is 0 Å². The molecular formula is C24H35F2N5O3S2. The number of nitrogens with one attached hydrogen (secondary N) is 2. The molecular weight excluding hydrogens is 508 g/mol. The number of ketones is 1. The number of hydrogen-bond acceptors (Lipinski definition) is 8. The summed E-state index contributed by atoms with van der Waals surface area (Å²) < 4.78 is 56.6. The average Bonchev–Trinajstić information content (AvgIpc) is 3.12. The minimum atomic E-state index is -3.31. The summed E-state index contributed by atoms with van der Waals surface area (Å²) in [7, 11) is 0.419. The van der Waals surface area contributed by atoms with Gasteiger partial charge in [0, 0.05) is 18.6 Å². The molecule has 1 aliphatic rings. The first-order valence-corrected chi connectivity index (χ1v) is 14.5. The van der Waals surface area contributed by atoms with E-state index in [1.165, 1.54) is 12.1 Å². The van der Waals surface area contributed by atoms with Gasteiger partial charge in [0.05, 0.1) is 11.3 Å². The Morgan fingerprint density at radius 1 is 1.17 bits per heavy atom. The molecule has 0 bridgehead atoms. The number of nitrogens with zero attached hydrogens (tertiary/aromatic N) is 2. The number of hydrogen-bond donors (Lipinski definition) is 3. The quantitative estimate of drug-likeness (QED) is 0.371. The predicted octanol–water partition coefficient (Wildman–Crippen LogP) is 3.64. The molecule has 0 amide bonds. The number of benzene rings is 1. The lowest BCUT2D eigenvalue weighted by molar-refractivity contribution is 0.103. The van der Waals surface area contributed by atoms with E-state index in [1.54, 1.807) is 0 Å². The summed E-state index contributed by atoms with van der Waals surface area (Å²) in [6.45, 7) is 4.35. The summed E-state index contributed by atoms with van der Waals surface area (Å²) in [6, 6.07) is 2.28. The normalized spacial score (nSPS) is 18.7. The van der Waals surface area contributed by atoms with Crippen LogP contribution in [-0.2, 0) is 16.4 Å². The number of nitrogens with two attached hydrogens (primary N) is 1. The van der Waals surface area contributed by atoms with Gasteiger partial charge in [-0.15, -0.1) is 0 Å². The summed E-state index contributed by atoms with van der Waals surface area (Å²) in [5.41, 5.74) is 5.77. The molecule has 1 heterocycles. The van der Waals surface area contributed by atoms with Crippen molar-refractivity contribution < 1.29 is 22.0 Å². The average molecular weight is 544 g/mol. The van der Waals surface area contributed by atoms with Crippen LogP contribution < -0.4 is 15.8 Å². The van der Waals surface area contributed by atoms with Crippen molar-refractivity contribution in [3.8, 4) is 0 Å². The van der Waals surface area contributed by atoms with Crippen LogP contribution in [0.15, 0.2) is 12.1 Å². The van der Waals surface area contributed by atoms with Crippen LogP contribution in [-0.4, -0.2) is 62.6 Å². The molecule has 2 aromatic rings. The van der Waals surface area contributed by atoms with E-state index in [1.807, 2.05) is 32.8 Å². The van der Waals surface area contributed by atoms with Gasteiger partial charge in [-0.25, -0.2) is 26.9 Å². The van der Waals surface area contributed by atoms with Gasteiger partial charge in [-0.05, 0) is 69.8 Å². The van der Waals surface area contributed by atoms with Crippen LogP contribution in [0.3, 0.4) is 0 Å². The van der Waals surface area contributed by atoms with E-state index >= 15 is 0 Å². The van der Waals surface area contributed by atoms with Gasteiger partial charge in [0.2, 0.25) is 15.8 Å². The van der Waals surface area contributed by atoms with E-state index in [2.05, 4.69) is 15.0 Å². The fraction of sp³-hybridized carbons (Fsp3) is 0.583. The van der Waals surface area contributed by atoms with Crippen molar-refractivity contribution >= 4 is 38.1 Å². The Kier molecular flexibility index (Phi) is 9.42. The largest absolute Gasteiger partial charge is 0.382 e. The SMILES string of the molecule is CC(C)CS(=O)(=O)N[C@H]1CC[C@H](Nc2nc(N)c(C(=O)c3c(F)cc(CCN(C)C)cc3F)s2)CC1. The number of carbonyl (C=O) groups is 1. The van der Waals surface area contributed by atoms with Crippen molar-refractivity contribution in [2.24, 2.45) is 5.92 Å². The second kappa shape index (κ2) is 11.9. The molecule has 0 spiro atoms. The number of sulfonamides is 1. The van der Waals surface area contributed by atoms with Crippen LogP contribution in [0.4, 0.5) is 19.7 Å². The lowest BCUT2D eigenvalue weighted by Gasteiger charge is -2.29. The number of likely N-dealkylation sites (N-methyl/N-ethyl adjacent to an activating group) is 1. The summed E-state index contributed by atoms with van der Waals surface area (Å²) in [6.07, 6.45) is 3.19. The van der Waals surface area contributed by atoms with E-state index in [0.717, 1.165) is 11.3 Å². The molecule has 1 saturated carbocycles. The fourth-order valence-corrected chi connectivity index (χ4v) is 6.91. The summed E-state index contributed by atoms with van der Waals surface area (Å²) in [5.74, 6) is -2.62. The Balaban J connectivity index is 1.63. The monoisotopic (exact) mass is 543 g/mol. The van der Waals surface area contributed by atoms with Gasteiger partial charge in [0.25, 0.3) is 0 Å². The molecule has 1 fully saturated rings. The first-order valence-electron chi connectivity index (χ1n) is 12.0. The van der Waals surface area contributed by atoms with Crippen molar-refractivity contribution in [3.63, 3.8) is 0 Å². The maximum Gasteiger partial charge on any atom is 0.212 e. The Hall–Kier alpha value is -2.15. The van der Waals surface area contributed by atoms with Crippen molar-refractivity contribution in [3.05, 3.63) is 39.8 Å². The number of rotatable bonds is 11. The third-order valence-corrected chi connectivity index (χ3v) is 8.79. The molecule has 0 radical (unpaired) electrons. The number of carbonyl (C=O) groups excluding carboxylic acids is 1. The number of halogens is 2. The number of nitrogen functional groups attached to an aromatic ring is 1. The molecule has 0 atom stereocenters. The first kappa shape index (κ1) is 28.4. The van der Waals surface area contributed by atoms with E-state index in [9.17, 15) is 22.0 Å². The predicted molar refractivity (Wildman–Crippen MR) is 140 cm³/mol. The van der Waals surface area contributed by atoms with Crippen LogP contribution in [0.1, 0.15) is 60.3 Å². The second-order valence-corrected chi connectivity index (χ2v) is 12.8. The van der Waals surface area contributed by atoms with Gasteiger partial charge in [0.15, 0.2) is 5.13 Å². The minimum absolute atomic E-state index is 0.0218. The van der Waals surface area contributed by atoms with Crippen molar-refractivity contribution in [2.45, 2.75) is 58.0 Å². The highest BCUT2D eigenvalue weighted by Gasteiger charge is 2.28. The Morgan fingerprint density at radius 3 is 2.31 bits per heavy atom. The van der Waals surface area contributed by atoms with Crippen molar-refractivity contribution in [2.75, 3.05) is 37.4 Å². The molecule has 0 aliphatic heterocycles. The maximum atomic E-state index is 14.7. The molecule has 3 rings (SSSR count). The summed E-state index contributed by atoms with van der Waals surface area (Å²) in [5, 5.41) is 3.63. The smallest absolute Gasteiger partial charge is 0.212 e. The number of thiazole rings is 1. The van der Waals surface area contributed by atoms with Gasteiger partial charge in [-0.1, -0.05) is 25.2 Å².